The number of Topliss-reactive ketones (excluding diaryl/α,β-unsaturated/α-hetero) is 1. The second-order valence-electron chi connectivity index (χ2n) is 23.6. The maximum atomic E-state index is 14.8. The quantitative estimate of drug-likeness (QED) is 0.0474. The van der Waals surface area contributed by atoms with Gasteiger partial charge < -0.3 is 20.6 Å². The van der Waals surface area contributed by atoms with Crippen LogP contribution in [0.1, 0.15) is 189 Å². The van der Waals surface area contributed by atoms with Crippen molar-refractivity contribution in [1.82, 2.24) is 5.32 Å². The summed E-state index contributed by atoms with van der Waals surface area (Å²) < 4.78 is 2.28. The number of hydrogen-bond donors (Lipinski definition) is 2. The molecule has 3 aromatic rings. The molecule has 72 heavy (non-hydrogen) atoms. The summed E-state index contributed by atoms with van der Waals surface area (Å²) in [6.07, 6.45) is 20.6. The molecule has 8 nitrogen and oxygen atoms in total. The maximum Gasteiger partial charge on any atom is 0.224 e. The Kier molecular flexibility index (Phi) is 21.5. The zero-order valence-electron chi connectivity index (χ0n) is 46.5. The van der Waals surface area contributed by atoms with Crippen molar-refractivity contribution in [2.45, 2.75) is 186 Å². The van der Waals surface area contributed by atoms with Crippen LogP contribution < -0.4 is 20.6 Å². The summed E-state index contributed by atoms with van der Waals surface area (Å²) in [5.74, 6) is -0.138. The Morgan fingerprint density at radius 1 is 0.653 bits per heavy atom. The molecule has 0 spiro atoms. The summed E-state index contributed by atoms with van der Waals surface area (Å²) in [6.45, 7) is 28.3. The van der Waals surface area contributed by atoms with Gasteiger partial charge in [0, 0.05) is 83.7 Å². The van der Waals surface area contributed by atoms with Gasteiger partial charge in [0.05, 0.1) is 11.4 Å². The van der Waals surface area contributed by atoms with Gasteiger partial charge in [0.2, 0.25) is 23.2 Å². The molecule has 3 aromatic carbocycles. The largest absolute Gasteiger partial charge is 0.871 e. The molecular weight excluding hydrogens is 889 g/mol. The molecule has 0 fully saturated rings. The molecule has 5 rings (SSSR count). The maximum absolute atomic E-state index is 14.8. The molecule has 0 saturated heterocycles. The summed E-state index contributed by atoms with van der Waals surface area (Å²) in [7, 11) is 0. The number of allylic oxidation sites excluding steroid dienone is 5. The van der Waals surface area contributed by atoms with Crippen LogP contribution in [-0.2, 0) is 14.4 Å². The van der Waals surface area contributed by atoms with E-state index in [4.69, 9.17) is 0 Å². The highest BCUT2D eigenvalue weighted by molar-refractivity contribution is 6.40. The van der Waals surface area contributed by atoms with Gasteiger partial charge in [-0.2, -0.15) is 4.58 Å². The van der Waals surface area contributed by atoms with Crippen LogP contribution in [0.4, 0.5) is 22.7 Å². The molecule has 0 aromatic heterocycles. The fourth-order valence-electron chi connectivity index (χ4n) is 10.4. The van der Waals surface area contributed by atoms with Crippen molar-refractivity contribution < 1.29 is 24.1 Å². The lowest BCUT2D eigenvalue weighted by Crippen LogP contribution is -2.34. The number of unbranched alkanes of at least 4 members (excludes halogenated alkanes) is 8. The van der Waals surface area contributed by atoms with Crippen LogP contribution in [0.15, 0.2) is 108 Å². The Morgan fingerprint density at radius 3 is 1.74 bits per heavy atom. The van der Waals surface area contributed by atoms with Crippen LogP contribution in [0.25, 0.3) is 5.57 Å². The Labute approximate surface area is 435 Å². The molecule has 0 aliphatic heterocycles. The molecule has 0 bridgehead atoms. The summed E-state index contributed by atoms with van der Waals surface area (Å²) in [5, 5.41) is 21.1. The van der Waals surface area contributed by atoms with Crippen LogP contribution in [0.3, 0.4) is 0 Å². The van der Waals surface area contributed by atoms with E-state index in [-0.39, 0.29) is 33.8 Å². The van der Waals surface area contributed by atoms with Crippen molar-refractivity contribution in [2.24, 2.45) is 22.7 Å². The molecule has 2 N–H and O–H groups in total. The lowest BCUT2D eigenvalue weighted by atomic mass is 9.78. The fourth-order valence-corrected chi connectivity index (χ4v) is 10.4. The van der Waals surface area contributed by atoms with Crippen molar-refractivity contribution in [1.29, 1.82) is 0 Å². The first kappa shape index (κ1) is 57.4. The van der Waals surface area contributed by atoms with Gasteiger partial charge in [0.15, 0.2) is 5.78 Å². The minimum absolute atomic E-state index is 0.0434. The van der Waals surface area contributed by atoms with E-state index in [0.717, 1.165) is 137 Å². The highest BCUT2D eigenvalue weighted by atomic mass is 16.3. The Bertz CT molecular complexity index is 2470. The number of amides is 2. The lowest BCUT2D eigenvalue weighted by molar-refractivity contribution is -0.441. The molecule has 2 atom stereocenters. The van der Waals surface area contributed by atoms with Crippen LogP contribution in [0.5, 0.6) is 0 Å². The topological polar surface area (TPSA) is 105 Å². The molecule has 0 radical (unpaired) electrons. The van der Waals surface area contributed by atoms with Gasteiger partial charge in [-0.3, -0.25) is 14.4 Å². The van der Waals surface area contributed by atoms with E-state index >= 15 is 0 Å². The molecule has 2 aliphatic carbocycles. The number of ketones is 1. The third-order valence-corrected chi connectivity index (χ3v) is 13.9. The first-order valence-corrected chi connectivity index (χ1v) is 27.6. The van der Waals surface area contributed by atoms with Gasteiger partial charge in [-0.25, -0.2) is 0 Å². The highest BCUT2D eigenvalue weighted by Crippen LogP contribution is 2.43. The van der Waals surface area contributed by atoms with E-state index in [2.05, 4.69) is 152 Å². The highest BCUT2D eigenvalue weighted by Gasteiger charge is 2.35. The molecule has 8 heteroatoms. The Morgan fingerprint density at radius 2 is 1.18 bits per heavy atom. The van der Waals surface area contributed by atoms with Gasteiger partial charge in [-0.1, -0.05) is 168 Å². The fraction of sp³-hybridized carbons (Fsp3) is 0.531. The second kappa shape index (κ2) is 27.0. The lowest BCUT2D eigenvalue weighted by Gasteiger charge is -2.35. The number of aryl methyl sites for hydroxylation is 2. The summed E-state index contributed by atoms with van der Waals surface area (Å²) in [5.41, 5.74) is 8.33. The summed E-state index contributed by atoms with van der Waals surface area (Å²) in [4.78, 5) is 44.6. The molecule has 2 amide bonds. The zero-order valence-corrected chi connectivity index (χ0v) is 46.5. The van der Waals surface area contributed by atoms with Crippen LogP contribution in [-0.4, -0.2) is 41.0 Å². The molecule has 2 unspecified atom stereocenters. The number of benzene rings is 3. The summed E-state index contributed by atoms with van der Waals surface area (Å²) >= 11 is 0. The third kappa shape index (κ3) is 17.3. The summed E-state index contributed by atoms with van der Waals surface area (Å²) in [6, 6.07) is 22.7. The number of hydrogen-bond acceptors (Lipinski definition) is 5. The molecule has 0 saturated carbocycles. The van der Waals surface area contributed by atoms with Crippen LogP contribution >= 0.6 is 0 Å². The average Bonchev–Trinajstić information content (AvgIpc) is 3.30. The predicted molar refractivity (Wildman–Crippen MR) is 301 cm³/mol. The molecule has 2 aliphatic rings. The Balaban J connectivity index is 1.61. The van der Waals surface area contributed by atoms with Crippen LogP contribution in [0.2, 0.25) is 0 Å². The van der Waals surface area contributed by atoms with Gasteiger partial charge in [0.25, 0.3) is 0 Å². The molecular formula is C64H90N4O4. The van der Waals surface area contributed by atoms with Gasteiger partial charge in [-0.05, 0) is 99.0 Å². The number of anilines is 3. The van der Waals surface area contributed by atoms with Crippen molar-refractivity contribution >= 4 is 51.6 Å². The van der Waals surface area contributed by atoms with E-state index < -0.39 is 11.5 Å². The van der Waals surface area contributed by atoms with Crippen molar-refractivity contribution in [2.75, 3.05) is 23.3 Å². The van der Waals surface area contributed by atoms with E-state index in [1.54, 1.807) is 0 Å². The number of rotatable bonds is 26. The number of nitrogens with one attached hydrogen (secondary N) is 2. The van der Waals surface area contributed by atoms with Crippen molar-refractivity contribution in [3.8, 4) is 0 Å². The molecule has 390 valence electrons. The number of nitrogens with zero attached hydrogens (tertiary/aromatic N) is 2. The standard InChI is InChI=1S/C64H90N4O4/c1-13-15-17-19-21-23-57(69)65-55-41-51(67(49-29-25-45(3)26-30-49)39-37-47(5)43-63(7,8)9)33-35-53(55)59-61(71)60(62(59)72)54-36-34-52(42-56(54)66-58(70)24-22-20-18-16-14-2)68(50-31-27-46(4)28-32-50)40-38-48(6)44-64(10,11)12/h25-36,41-42,47-48H,13-24,37-40,43-44H2,1-12H3,(H2,65,66,69,70,71,72). The Hall–Kier alpha value is -5.50. The first-order chi connectivity index (χ1) is 34.2. The first-order valence-electron chi connectivity index (χ1n) is 27.6. The monoisotopic (exact) mass is 979 g/mol. The van der Waals surface area contributed by atoms with E-state index in [0.29, 0.717) is 47.2 Å². The number of carbonyl (C=O) groups is 3. The van der Waals surface area contributed by atoms with Gasteiger partial charge >= 0.3 is 0 Å². The SMILES string of the molecule is CCCCCCCC(=O)NC1=CC(=[N+](CCC(C)CC(C)(C)C)c2ccc(C)cc2)C=CC1=C1C(=O)C(c2ccc(N(CCC(C)CC(C)(C)C)c3ccc(C)cc3)cc2NC(=O)CCCCCCC)=C1[O-]. The predicted octanol–water partition coefficient (Wildman–Crippen LogP) is 15.3. The minimum atomic E-state index is -0.400. The average molecular weight is 979 g/mol. The van der Waals surface area contributed by atoms with E-state index in [1.165, 1.54) is 0 Å². The minimum Gasteiger partial charge on any atom is -0.871 e. The third-order valence-electron chi connectivity index (χ3n) is 13.9. The van der Waals surface area contributed by atoms with Crippen molar-refractivity contribution in [3.63, 3.8) is 0 Å². The zero-order chi connectivity index (χ0) is 52.6. The second-order valence-corrected chi connectivity index (χ2v) is 23.6. The van der Waals surface area contributed by atoms with Crippen molar-refractivity contribution in [3.05, 3.63) is 124 Å². The van der Waals surface area contributed by atoms with E-state index in [9.17, 15) is 19.5 Å². The van der Waals surface area contributed by atoms with Gasteiger partial charge in [0.1, 0.15) is 6.54 Å². The smallest absolute Gasteiger partial charge is 0.224 e. The normalized spacial score (nSPS) is 16.6. The molecule has 0 heterocycles. The number of carbonyl (C=O) groups excluding carboxylic acids is 3. The van der Waals surface area contributed by atoms with E-state index in [1.807, 2.05) is 36.4 Å². The van der Waals surface area contributed by atoms with Gasteiger partial charge in [-0.15, -0.1) is 0 Å². The van der Waals surface area contributed by atoms with Crippen LogP contribution in [0, 0.1) is 36.5 Å².